The fourth-order valence-corrected chi connectivity index (χ4v) is 2.99. The SMILES string of the molecule is CC1(C)CNCCN(CC2CCNCC2)C1. The van der Waals surface area contributed by atoms with Crippen LogP contribution in [0.25, 0.3) is 0 Å². The van der Waals surface area contributed by atoms with Gasteiger partial charge in [0.25, 0.3) is 0 Å². The molecule has 0 saturated carbocycles. The molecule has 0 bridgehead atoms. The van der Waals surface area contributed by atoms with Crippen molar-refractivity contribution in [2.24, 2.45) is 11.3 Å². The Morgan fingerprint density at radius 2 is 1.88 bits per heavy atom. The van der Waals surface area contributed by atoms with E-state index in [2.05, 4.69) is 29.4 Å². The van der Waals surface area contributed by atoms with Crippen molar-refractivity contribution >= 4 is 0 Å². The minimum absolute atomic E-state index is 0.434. The number of hydrogen-bond donors (Lipinski definition) is 2. The largest absolute Gasteiger partial charge is 0.317 e. The lowest BCUT2D eigenvalue weighted by Crippen LogP contribution is -2.40. The first kappa shape index (κ1) is 12.3. The maximum Gasteiger partial charge on any atom is 0.0107 e. The molecule has 0 aromatic rings. The Kier molecular flexibility index (Phi) is 4.22. The zero-order valence-corrected chi connectivity index (χ0v) is 10.9. The molecule has 0 aromatic carbocycles. The van der Waals surface area contributed by atoms with Crippen LogP contribution in [-0.2, 0) is 0 Å². The molecule has 0 aliphatic carbocycles. The lowest BCUT2D eigenvalue weighted by atomic mass is 9.92. The molecule has 0 radical (unpaired) electrons. The van der Waals surface area contributed by atoms with E-state index in [4.69, 9.17) is 0 Å². The van der Waals surface area contributed by atoms with Crippen molar-refractivity contribution < 1.29 is 0 Å². The van der Waals surface area contributed by atoms with Crippen molar-refractivity contribution in [3.63, 3.8) is 0 Å². The van der Waals surface area contributed by atoms with E-state index in [-0.39, 0.29) is 0 Å². The third-order valence-electron chi connectivity index (χ3n) is 3.84. The van der Waals surface area contributed by atoms with Crippen LogP contribution < -0.4 is 10.6 Å². The van der Waals surface area contributed by atoms with Gasteiger partial charge < -0.3 is 15.5 Å². The maximum absolute atomic E-state index is 3.55. The van der Waals surface area contributed by atoms with Gasteiger partial charge in [-0.3, -0.25) is 0 Å². The fraction of sp³-hybridized carbons (Fsp3) is 1.00. The molecule has 2 heterocycles. The summed E-state index contributed by atoms with van der Waals surface area (Å²) in [5.41, 5.74) is 0.434. The second-order valence-electron chi connectivity index (χ2n) is 6.27. The molecule has 0 spiro atoms. The van der Waals surface area contributed by atoms with E-state index in [1.165, 1.54) is 45.6 Å². The summed E-state index contributed by atoms with van der Waals surface area (Å²) in [6.07, 6.45) is 2.73. The summed E-state index contributed by atoms with van der Waals surface area (Å²) in [6, 6.07) is 0. The van der Waals surface area contributed by atoms with Crippen molar-refractivity contribution in [1.82, 2.24) is 15.5 Å². The van der Waals surface area contributed by atoms with E-state index in [0.717, 1.165) is 19.0 Å². The Labute approximate surface area is 100.0 Å². The standard InChI is InChI=1S/C13H27N3/c1-13(2)10-15-7-8-16(11-13)9-12-3-5-14-6-4-12/h12,14-15H,3-11H2,1-2H3. The van der Waals surface area contributed by atoms with E-state index in [0.29, 0.717) is 5.41 Å². The molecule has 0 amide bonds. The zero-order valence-electron chi connectivity index (χ0n) is 10.9. The quantitative estimate of drug-likeness (QED) is 0.732. The average Bonchev–Trinajstić information content (AvgIpc) is 2.40. The molecule has 3 nitrogen and oxygen atoms in total. The van der Waals surface area contributed by atoms with Crippen molar-refractivity contribution in [1.29, 1.82) is 0 Å². The number of nitrogens with one attached hydrogen (secondary N) is 2. The predicted octanol–water partition coefficient (Wildman–Crippen LogP) is 0.917. The van der Waals surface area contributed by atoms with Gasteiger partial charge in [-0.05, 0) is 37.3 Å². The summed E-state index contributed by atoms with van der Waals surface area (Å²) in [5, 5.41) is 7.00. The average molecular weight is 225 g/mol. The third-order valence-corrected chi connectivity index (χ3v) is 3.84. The molecule has 2 fully saturated rings. The van der Waals surface area contributed by atoms with Crippen LogP contribution in [0.5, 0.6) is 0 Å². The van der Waals surface area contributed by atoms with Gasteiger partial charge in [0.15, 0.2) is 0 Å². The molecule has 2 aliphatic heterocycles. The van der Waals surface area contributed by atoms with Gasteiger partial charge in [0.1, 0.15) is 0 Å². The van der Waals surface area contributed by atoms with Crippen LogP contribution in [0.4, 0.5) is 0 Å². The third kappa shape index (κ3) is 3.72. The van der Waals surface area contributed by atoms with E-state index >= 15 is 0 Å². The molecular weight excluding hydrogens is 198 g/mol. The van der Waals surface area contributed by atoms with Crippen LogP contribution in [-0.4, -0.2) is 50.7 Å². The molecular formula is C13H27N3. The molecule has 2 aliphatic rings. The van der Waals surface area contributed by atoms with Gasteiger partial charge in [-0.2, -0.15) is 0 Å². The lowest BCUT2D eigenvalue weighted by molar-refractivity contribution is 0.166. The van der Waals surface area contributed by atoms with Crippen LogP contribution in [0, 0.1) is 11.3 Å². The highest BCUT2D eigenvalue weighted by Crippen LogP contribution is 2.20. The fourth-order valence-electron chi connectivity index (χ4n) is 2.99. The second-order valence-corrected chi connectivity index (χ2v) is 6.27. The summed E-state index contributed by atoms with van der Waals surface area (Å²) < 4.78 is 0. The Morgan fingerprint density at radius 3 is 2.62 bits per heavy atom. The highest BCUT2D eigenvalue weighted by Gasteiger charge is 2.26. The first-order valence-corrected chi connectivity index (χ1v) is 6.79. The summed E-state index contributed by atoms with van der Waals surface area (Å²) in [6.45, 7) is 13.3. The van der Waals surface area contributed by atoms with Gasteiger partial charge in [0, 0.05) is 32.7 Å². The lowest BCUT2D eigenvalue weighted by Gasteiger charge is -2.33. The summed E-state index contributed by atoms with van der Waals surface area (Å²) in [4.78, 5) is 2.68. The zero-order chi connectivity index (χ0) is 11.4. The van der Waals surface area contributed by atoms with Crippen molar-refractivity contribution in [2.75, 3.05) is 45.8 Å². The molecule has 2 N–H and O–H groups in total. The molecule has 16 heavy (non-hydrogen) atoms. The second kappa shape index (κ2) is 5.48. The monoisotopic (exact) mass is 225 g/mol. The minimum Gasteiger partial charge on any atom is -0.317 e. The predicted molar refractivity (Wildman–Crippen MR) is 68.7 cm³/mol. The highest BCUT2D eigenvalue weighted by atomic mass is 15.2. The van der Waals surface area contributed by atoms with Gasteiger partial charge in [0.2, 0.25) is 0 Å². The topological polar surface area (TPSA) is 27.3 Å². The van der Waals surface area contributed by atoms with E-state index < -0.39 is 0 Å². The van der Waals surface area contributed by atoms with Crippen molar-refractivity contribution in [3.05, 3.63) is 0 Å². The Morgan fingerprint density at radius 1 is 1.12 bits per heavy atom. The molecule has 0 unspecified atom stereocenters. The highest BCUT2D eigenvalue weighted by molar-refractivity contribution is 4.82. The van der Waals surface area contributed by atoms with Gasteiger partial charge in [-0.1, -0.05) is 13.8 Å². The molecule has 2 rings (SSSR count). The molecule has 94 valence electrons. The first-order chi connectivity index (χ1) is 7.66. The minimum atomic E-state index is 0.434. The van der Waals surface area contributed by atoms with Crippen molar-refractivity contribution in [3.8, 4) is 0 Å². The Bertz CT molecular complexity index is 209. The van der Waals surface area contributed by atoms with Crippen LogP contribution in [0.15, 0.2) is 0 Å². The van der Waals surface area contributed by atoms with Gasteiger partial charge >= 0.3 is 0 Å². The first-order valence-electron chi connectivity index (χ1n) is 6.79. The summed E-state index contributed by atoms with van der Waals surface area (Å²) in [7, 11) is 0. The van der Waals surface area contributed by atoms with Crippen LogP contribution in [0.3, 0.4) is 0 Å². The van der Waals surface area contributed by atoms with Crippen LogP contribution in [0.2, 0.25) is 0 Å². The number of nitrogens with zero attached hydrogens (tertiary/aromatic N) is 1. The van der Waals surface area contributed by atoms with Gasteiger partial charge in [-0.15, -0.1) is 0 Å². The van der Waals surface area contributed by atoms with E-state index in [9.17, 15) is 0 Å². The van der Waals surface area contributed by atoms with E-state index in [1.54, 1.807) is 0 Å². The Balaban J connectivity index is 1.82. The number of rotatable bonds is 2. The molecule has 0 aromatic heterocycles. The normalized spacial score (nSPS) is 28.9. The summed E-state index contributed by atoms with van der Waals surface area (Å²) >= 11 is 0. The van der Waals surface area contributed by atoms with Crippen molar-refractivity contribution in [2.45, 2.75) is 26.7 Å². The van der Waals surface area contributed by atoms with Crippen LogP contribution in [0.1, 0.15) is 26.7 Å². The molecule has 0 atom stereocenters. The number of piperidine rings is 1. The van der Waals surface area contributed by atoms with Crippen LogP contribution >= 0.6 is 0 Å². The molecule has 3 heteroatoms. The van der Waals surface area contributed by atoms with E-state index in [1.807, 2.05) is 0 Å². The number of hydrogen-bond acceptors (Lipinski definition) is 3. The van der Waals surface area contributed by atoms with Gasteiger partial charge in [-0.25, -0.2) is 0 Å². The Hall–Kier alpha value is -0.120. The maximum atomic E-state index is 3.55. The summed E-state index contributed by atoms with van der Waals surface area (Å²) in [5.74, 6) is 0.926. The smallest absolute Gasteiger partial charge is 0.0107 e. The molecule has 2 saturated heterocycles. The van der Waals surface area contributed by atoms with Gasteiger partial charge in [0.05, 0.1) is 0 Å².